The van der Waals surface area contributed by atoms with Gasteiger partial charge in [-0.2, -0.15) is 0 Å². The van der Waals surface area contributed by atoms with Crippen LogP contribution < -0.4 is 5.32 Å². The first-order valence-corrected chi connectivity index (χ1v) is 9.37. The van der Waals surface area contributed by atoms with Gasteiger partial charge in [-0.3, -0.25) is 14.6 Å². The number of esters is 2. The fraction of sp³-hybridized carbons (Fsp3) is 0.524. The second-order valence-corrected chi connectivity index (χ2v) is 7.37. The lowest BCUT2D eigenvalue weighted by Crippen LogP contribution is -2.41. The zero-order chi connectivity index (χ0) is 21.0. The van der Waals surface area contributed by atoms with Crippen molar-refractivity contribution in [1.82, 2.24) is 10.3 Å². The average molecular weight is 390 g/mol. The number of aromatic nitrogens is 1. The van der Waals surface area contributed by atoms with Gasteiger partial charge in [0.25, 0.3) is 0 Å². The maximum atomic E-state index is 12.1. The van der Waals surface area contributed by atoms with Crippen LogP contribution in [-0.4, -0.2) is 41.6 Å². The van der Waals surface area contributed by atoms with E-state index in [1.54, 1.807) is 24.5 Å². The number of ether oxygens (including phenoxy) is 2. The molecule has 0 aromatic carbocycles. The van der Waals surface area contributed by atoms with Crippen LogP contribution in [0, 0.1) is 0 Å². The van der Waals surface area contributed by atoms with Crippen molar-refractivity contribution < 1.29 is 23.9 Å². The predicted molar refractivity (Wildman–Crippen MR) is 106 cm³/mol. The first-order valence-electron chi connectivity index (χ1n) is 9.37. The molecule has 0 bridgehead atoms. The van der Waals surface area contributed by atoms with Crippen molar-refractivity contribution in [3.05, 3.63) is 36.2 Å². The molecule has 154 valence electrons. The molecule has 28 heavy (non-hydrogen) atoms. The monoisotopic (exact) mass is 390 g/mol. The van der Waals surface area contributed by atoms with Gasteiger partial charge >= 0.3 is 11.9 Å². The largest absolute Gasteiger partial charge is 0.467 e. The summed E-state index contributed by atoms with van der Waals surface area (Å²) in [5.41, 5.74) is 0.380. The van der Waals surface area contributed by atoms with E-state index < -0.39 is 17.6 Å². The van der Waals surface area contributed by atoms with Gasteiger partial charge in [0.15, 0.2) is 0 Å². The van der Waals surface area contributed by atoms with Crippen LogP contribution in [0.3, 0.4) is 0 Å². The molecular formula is C21H30N2O5. The Bertz CT molecular complexity index is 665. The van der Waals surface area contributed by atoms with E-state index in [0.717, 1.165) is 5.56 Å². The second kappa shape index (κ2) is 11.9. The van der Waals surface area contributed by atoms with Crippen molar-refractivity contribution in [2.24, 2.45) is 0 Å². The molecule has 7 nitrogen and oxygen atoms in total. The number of amides is 1. The normalized spacial score (nSPS) is 12.4. The first-order chi connectivity index (χ1) is 13.2. The number of carbonyl (C=O) groups is 3. The van der Waals surface area contributed by atoms with Crippen molar-refractivity contribution >= 4 is 23.9 Å². The lowest BCUT2D eigenvalue weighted by molar-refractivity contribution is -0.154. The summed E-state index contributed by atoms with van der Waals surface area (Å²) in [6.07, 6.45) is 8.83. The fourth-order valence-electron chi connectivity index (χ4n) is 2.43. The van der Waals surface area contributed by atoms with E-state index in [2.05, 4.69) is 10.3 Å². The molecule has 7 heteroatoms. The highest BCUT2D eigenvalue weighted by atomic mass is 16.6. The van der Waals surface area contributed by atoms with Crippen LogP contribution in [-0.2, 0) is 23.9 Å². The molecule has 1 aromatic heterocycles. The topological polar surface area (TPSA) is 94.6 Å². The average Bonchev–Trinajstić information content (AvgIpc) is 2.63. The summed E-state index contributed by atoms with van der Waals surface area (Å²) < 4.78 is 10.0. The third kappa shape index (κ3) is 10.4. The maximum absolute atomic E-state index is 12.1. The van der Waals surface area contributed by atoms with Crippen LogP contribution in [0.5, 0.6) is 0 Å². The van der Waals surface area contributed by atoms with E-state index in [-0.39, 0.29) is 24.7 Å². The van der Waals surface area contributed by atoms with E-state index >= 15 is 0 Å². The molecule has 0 spiro atoms. The summed E-state index contributed by atoms with van der Waals surface area (Å²) in [5, 5.41) is 2.68. The molecule has 1 heterocycles. The Balaban J connectivity index is 2.41. The van der Waals surface area contributed by atoms with Gasteiger partial charge in [0.1, 0.15) is 11.6 Å². The second-order valence-electron chi connectivity index (χ2n) is 7.37. The lowest BCUT2D eigenvalue weighted by Gasteiger charge is -2.19. The van der Waals surface area contributed by atoms with Crippen LogP contribution in [0.2, 0.25) is 0 Å². The third-order valence-corrected chi connectivity index (χ3v) is 3.66. The minimum atomic E-state index is -0.733. The number of unbranched alkanes of at least 4 members (excludes halogenated alkanes) is 1. The van der Waals surface area contributed by atoms with Crippen LogP contribution in [0.1, 0.15) is 58.4 Å². The Kier molecular flexibility index (Phi) is 9.92. The molecule has 1 aromatic rings. The van der Waals surface area contributed by atoms with E-state index in [1.807, 2.05) is 32.9 Å². The van der Waals surface area contributed by atoms with Crippen LogP contribution in [0.25, 0.3) is 6.08 Å². The van der Waals surface area contributed by atoms with Crippen LogP contribution >= 0.6 is 0 Å². The Morgan fingerprint density at radius 2 is 2.00 bits per heavy atom. The fourth-order valence-corrected chi connectivity index (χ4v) is 2.43. The SMILES string of the molecule is COC(=O)C(CCCCC(=O)OC(C)(C)C)NC(=O)CC=Cc1cccnc1. The summed E-state index contributed by atoms with van der Waals surface area (Å²) in [6, 6.07) is 2.95. The van der Waals surface area contributed by atoms with E-state index in [9.17, 15) is 14.4 Å². The summed E-state index contributed by atoms with van der Waals surface area (Å²) in [6.45, 7) is 5.45. The molecule has 0 aliphatic heterocycles. The van der Waals surface area contributed by atoms with Gasteiger partial charge in [0.05, 0.1) is 7.11 Å². The van der Waals surface area contributed by atoms with Crippen molar-refractivity contribution in [2.75, 3.05) is 7.11 Å². The summed E-state index contributed by atoms with van der Waals surface area (Å²) in [4.78, 5) is 39.7. The third-order valence-electron chi connectivity index (χ3n) is 3.66. The zero-order valence-corrected chi connectivity index (χ0v) is 17.1. The highest BCUT2D eigenvalue weighted by Crippen LogP contribution is 2.12. The molecule has 0 saturated heterocycles. The van der Waals surface area contributed by atoms with Crippen molar-refractivity contribution in [2.45, 2.75) is 64.5 Å². The molecule has 1 atom stereocenters. The highest BCUT2D eigenvalue weighted by Gasteiger charge is 2.21. The minimum absolute atomic E-state index is 0.139. The zero-order valence-electron chi connectivity index (χ0n) is 17.1. The van der Waals surface area contributed by atoms with Crippen molar-refractivity contribution in [1.29, 1.82) is 0 Å². The number of hydrogen-bond acceptors (Lipinski definition) is 6. The standard InChI is InChI=1S/C21H30N2O5/c1-21(2,3)28-19(25)13-6-5-11-17(20(26)27-4)23-18(24)12-7-9-16-10-8-14-22-15-16/h7-10,14-15,17H,5-6,11-13H2,1-4H3,(H,23,24). The van der Waals surface area contributed by atoms with Gasteiger partial charge in [0, 0.05) is 25.2 Å². The van der Waals surface area contributed by atoms with Crippen LogP contribution in [0.4, 0.5) is 0 Å². The molecular weight excluding hydrogens is 360 g/mol. The number of methoxy groups -OCH3 is 1. The summed E-state index contributed by atoms with van der Waals surface area (Å²) in [5.74, 6) is -1.05. The van der Waals surface area contributed by atoms with Gasteiger partial charge in [-0.25, -0.2) is 4.79 Å². The quantitative estimate of drug-likeness (QED) is 0.487. The molecule has 0 fully saturated rings. The minimum Gasteiger partial charge on any atom is -0.467 e. The van der Waals surface area contributed by atoms with E-state index in [1.165, 1.54) is 7.11 Å². The summed E-state index contributed by atoms with van der Waals surface area (Å²) >= 11 is 0. The first kappa shape index (κ1) is 23.3. The van der Waals surface area contributed by atoms with Crippen molar-refractivity contribution in [3.63, 3.8) is 0 Å². The smallest absolute Gasteiger partial charge is 0.328 e. The molecule has 1 amide bonds. The number of hydrogen-bond donors (Lipinski definition) is 1. The van der Waals surface area contributed by atoms with Crippen LogP contribution in [0.15, 0.2) is 30.6 Å². The summed E-state index contributed by atoms with van der Waals surface area (Å²) in [7, 11) is 1.28. The van der Waals surface area contributed by atoms with Gasteiger partial charge in [-0.15, -0.1) is 0 Å². The Morgan fingerprint density at radius 1 is 1.25 bits per heavy atom. The molecule has 0 aliphatic rings. The highest BCUT2D eigenvalue weighted by molar-refractivity contribution is 5.85. The van der Waals surface area contributed by atoms with Gasteiger partial charge in [-0.05, 0) is 45.2 Å². The lowest BCUT2D eigenvalue weighted by atomic mass is 10.1. The van der Waals surface area contributed by atoms with Gasteiger partial charge < -0.3 is 14.8 Å². The number of pyridine rings is 1. The number of nitrogens with zero attached hydrogens (tertiary/aromatic N) is 1. The number of rotatable bonds is 10. The molecule has 0 aliphatic carbocycles. The molecule has 1 unspecified atom stereocenters. The molecule has 0 saturated carbocycles. The predicted octanol–water partition coefficient (Wildman–Crippen LogP) is 3.04. The van der Waals surface area contributed by atoms with Crippen molar-refractivity contribution in [3.8, 4) is 0 Å². The van der Waals surface area contributed by atoms with E-state index in [0.29, 0.717) is 19.3 Å². The number of carbonyl (C=O) groups excluding carboxylic acids is 3. The molecule has 1 N–H and O–H groups in total. The Hall–Kier alpha value is -2.70. The number of nitrogens with one attached hydrogen (secondary N) is 1. The molecule has 1 rings (SSSR count). The van der Waals surface area contributed by atoms with Gasteiger partial charge in [-0.1, -0.05) is 24.6 Å². The Labute approximate surface area is 166 Å². The van der Waals surface area contributed by atoms with Gasteiger partial charge in [0.2, 0.25) is 5.91 Å². The Morgan fingerprint density at radius 3 is 2.61 bits per heavy atom. The van der Waals surface area contributed by atoms with E-state index in [4.69, 9.17) is 9.47 Å². The molecule has 0 radical (unpaired) electrons. The maximum Gasteiger partial charge on any atom is 0.328 e.